The molecule has 1 amide bonds. The number of fused-ring (bicyclic) bond motifs is 1. The number of imidazole rings is 1. The molecule has 1 saturated heterocycles. The molecule has 9 heteroatoms. The standard InChI is InChI=1S/C20H23N5O3S/c1-15(26)21-16-7-9-17(10-8-16)29(27,28)25-13-11-24(12-14-25)20-22-18-5-3-4-6-19(18)23(20)2/h3-10H,11-14H2,1-2H3,(H,21,26). The average molecular weight is 414 g/mol. The summed E-state index contributed by atoms with van der Waals surface area (Å²) in [5.41, 5.74) is 2.55. The summed E-state index contributed by atoms with van der Waals surface area (Å²) in [6.07, 6.45) is 0. The molecule has 1 fully saturated rings. The maximum Gasteiger partial charge on any atom is 0.243 e. The molecular weight excluding hydrogens is 390 g/mol. The Kier molecular flexibility index (Phi) is 5.01. The molecule has 0 unspecified atom stereocenters. The van der Waals surface area contributed by atoms with E-state index in [2.05, 4.69) is 10.2 Å². The summed E-state index contributed by atoms with van der Waals surface area (Å²) in [5, 5.41) is 2.64. The predicted octanol–water partition coefficient (Wildman–Crippen LogP) is 2.04. The number of sulfonamides is 1. The normalized spacial score (nSPS) is 15.6. The highest BCUT2D eigenvalue weighted by Crippen LogP contribution is 2.24. The molecule has 2 heterocycles. The predicted molar refractivity (Wildman–Crippen MR) is 112 cm³/mol. The maximum atomic E-state index is 13.0. The van der Waals surface area contributed by atoms with E-state index in [9.17, 15) is 13.2 Å². The second kappa shape index (κ2) is 7.49. The summed E-state index contributed by atoms with van der Waals surface area (Å²) in [7, 11) is -1.60. The van der Waals surface area contributed by atoms with Crippen molar-refractivity contribution in [1.82, 2.24) is 13.9 Å². The summed E-state index contributed by atoms with van der Waals surface area (Å²) in [6.45, 7) is 3.33. The molecule has 152 valence electrons. The largest absolute Gasteiger partial charge is 0.340 e. The number of anilines is 2. The van der Waals surface area contributed by atoms with Gasteiger partial charge in [-0.1, -0.05) is 12.1 Å². The smallest absolute Gasteiger partial charge is 0.243 e. The zero-order chi connectivity index (χ0) is 20.6. The molecule has 0 saturated carbocycles. The molecule has 8 nitrogen and oxygen atoms in total. The first kappa shape index (κ1) is 19.4. The van der Waals surface area contributed by atoms with Crippen molar-refractivity contribution in [3.05, 3.63) is 48.5 Å². The molecule has 29 heavy (non-hydrogen) atoms. The van der Waals surface area contributed by atoms with Crippen molar-refractivity contribution in [1.29, 1.82) is 0 Å². The molecule has 0 spiro atoms. The fourth-order valence-electron chi connectivity index (χ4n) is 3.61. The lowest BCUT2D eigenvalue weighted by atomic mass is 10.3. The number of carbonyl (C=O) groups excluding carboxylic acids is 1. The number of para-hydroxylation sites is 2. The summed E-state index contributed by atoms with van der Waals surface area (Å²) < 4.78 is 29.5. The van der Waals surface area contributed by atoms with Gasteiger partial charge in [0.1, 0.15) is 0 Å². The molecule has 1 aliphatic heterocycles. The van der Waals surface area contributed by atoms with Crippen molar-refractivity contribution in [2.75, 3.05) is 36.4 Å². The van der Waals surface area contributed by atoms with Gasteiger partial charge in [-0.3, -0.25) is 4.79 Å². The van der Waals surface area contributed by atoms with Gasteiger partial charge in [0.15, 0.2) is 0 Å². The Hall–Kier alpha value is -2.91. The van der Waals surface area contributed by atoms with Crippen LogP contribution in [0.15, 0.2) is 53.4 Å². The average Bonchev–Trinajstić information content (AvgIpc) is 3.05. The highest BCUT2D eigenvalue weighted by atomic mass is 32.2. The van der Waals surface area contributed by atoms with E-state index in [1.54, 1.807) is 12.1 Å². The van der Waals surface area contributed by atoms with E-state index in [1.165, 1.54) is 23.4 Å². The van der Waals surface area contributed by atoms with Crippen LogP contribution in [0, 0.1) is 0 Å². The number of hydrogen-bond acceptors (Lipinski definition) is 5. The molecule has 0 radical (unpaired) electrons. The van der Waals surface area contributed by atoms with Crippen molar-refractivity contribution in [3.63, 3.8) is 0 Å². The van der Waals surface area contributed by atoms with Crippen LogP contribution in [0.5, 0.6) is 0 Å². The minimum Gasteiger partial charge on any atom is -0.340 e. The quantitative estimate of drug-likeness (QED) is 0.707. The van der Waals surface area contributed by atoms with E-state index >= 15 is 0 Å². The molecule has 1 N–H and O–H groups in total. The second-order valence-corrected chi connectivity index (χ2v) is 8.99. The Morgan fingerprint density at radius 2 is 1.66 bits per heavy atom. The SMILES string of the molecule is CC(=O)Nc1ccc(S(=O)(=O)N2CCN(c3nc4ccccc4n3C)CC2)cc1. The van der Waals surface area contributed by atoms with Crippen LogP contribution in [0.2, 0.25) is 0 Å². The van der Waals surface area contributed by atoms with Crippen molar-refractivity contribution in [2.45, 2.75) is 11.8 Å². The van der Waals surface area contributed by atoms with Crippen LogP contribution in [0.4, 0.5) is 11.6 Å². The number of aromatic nitrogens is 2. The Morgan fingerprint density at radius 1 is 1.00 bits per heavy atom. The lowest BCUT2D eigenvalue weighted by molar-refractivity contribution is -0.114. The van der Waals surface area contributed by atoms with Crippen LogP contribution in [0.25, 0.3) is 11.0 Å². The summed E-state index contributed by atoms with van der Waals surface area (Å²) in [6, 6.07) is 14.2. The molecule has 1 aromatic heterocycles. The van der Waals surface area contributed by atoms with Crippen LogP contribution in [0.1, 0.15) is 6.92 Å². The van der Waals surface area contributed by atoms with Gasteiger partial charge in [0.05, 0.1) is 15.9 Å². The maximum absolute atomic E-state index is 13.0. The van der Waals surface area contributed by atoms with Crippen LogP contribution in [-0.2, 0) is 21.9 Å². The van der Waals surface area contributed by atoms with Crippen molar-refractivity contribution >= 4 is 38.6 Å². The van der Waals surface area contributed by atoms with E-state index < -0.39 is 10.0 Å². The Balaban J connectivity index is 1.48. The van der Waals surface area contributed by atoms with Crippen molar-refractivity contribution < 1.29 is 13.2 Å². The Morgan fingerprint density at radius 3 is 2.28 bits per heavy atom. The second-order valence-electron chi connectivity index (χ2n) is 7.06. The molecule has 1 aliphatic rings. The zero-order valence-corrected chi connectivity index (χ0v) is 17.2. The molecule has 0 atom stereocenters. The van der Waals surface area contributed by atoms with Gasteiger partial charge in [0.2, 0.25) is 21.9 Å². The summed E-state index contributed by atoms with van der Waals surface area (Å²) >= 11 is 0. The van der Waals surface area contributed by atoms with Gasteiger partial charge in [-0.05, 0) is 36.4 Å². The fourth-order valence-corrected chi connectivity index (χ4v) is 5.03. The molecular formula is C20H23N5O3S. The van der Waals surface area contributed by atoms with Gasteiger partial charge >= 0.3 is 0 Å². The number of aryl methyl sites for hydroxylation is 1. The van der Waals surface area contributed by atoms with E-state index in [1.807, 2.05) is 35.9 Å². The Bertz CT molecular complexity index is 1150. The van der Waals surface area contributed by atoms with Crippen LogP contribution in [0.3, 0.4) is 0 Å². The third kappa shape index (κ3) is 3.70. The number of rotatable bonds is 4. The van der Waals surface area contributed by atoms with Gasteiger partial charge in [-0.2, -0.15) is 4.31 Å². The minimum absolute atomic E-state index is 0.196. The first-order chi connectivity index (χ1) is 13.9. The Labute approximate surface area is 169 Å². The number of carbonyl (C=O) groups is 1. The molecule has 2 aromatic carbocycles. The lowest BCUT2D eigenvalue weighted by Crippen LogP contribution is -2.49. The molecule has 4 rings (SSSR count). The van der Waals surface area contributed by atoms with E-state index in [4.69, 9.17) is 4.98 Å². The van der Waals surface area contributed by atoms with E-state index in [-0.39, 0.29) is 10.8 Å². The highest BCUT2D eigenvalue weighted by molar-refractivity contribution is 7.89. The summed E-state index contributed by atoms with van der Waals surface area (Å²) in [4.78, 5) is 18.2. The molecule has 0 aliphatic carbocycles. The number of amides is 1. The monoisotopic (exact) mass is 413 g/mol. The van der Waals surface area contributed by atoms with E-state index in [0.717, 1.165) is 17.0 Å². The fraction of sp³-hybridized carbons (Fsp3) is 0.300. The number of nitrogens with zero attached hydrogens (tertiary/aromatic N) is 4. The lowest BCUT2D eigenvalue weighted by Gasteiger charge is -2.34. The van der Waals surface area contributed by atoms with Gasteiger partial charge in [0, 0.05) is 45.8 Å². The van der Waals surface area contributed by atoms with Gasteiger partial charge in [-0.15, -0.1) is 0 Å². The topological polar surface area (TPSA) is 87.5 Å². The number of benzene rings is 2. The van der Waals surface area contributed by atoms with Crippen LogP contribution >= 0.6 is 0 Å². The van der Waals surface area contributed by atoms with Crippen molar-refractivity contribution in [2.24, 2.45) is 7.05 Å². The molecule has 3 aromatic rings. The number of nitrogens with one attached hydrogen (secondary N) is 1. The minimum atomic E-state index is -3.58. The van der Waals surface area contributed by atoms with Gasteiger partial charge in [0.25, 0.3) is 0 Å². The van der Waals surface area contributed by atoms with Gasteiger partial charge in [-0.25, -0.2) is 13.4 Å². The van der Waals surface area contributed by atoms with Crippen LogP contribution in [-0.4, -0.2) is 54.4 Å². The first-order valence-electron chi connectivity index (χ1n) is 9.40. The van der Waals surface area contributed by atoms with Crippen LogP contribution < -0.4 is 10.2 Å². The number of hydrogen-bond donors (Lipinski definition) is 1. The number of piperazine rings is 1. The third-order valence-corrected chi connectivity index (χ3v) is 7.01. The first-order valence-corrected chi connectivity index (χ1v) is 10.8. The van der Waals surface area contributed by atoms with E-state index in [0.29, 0.717) is 31.9 Å². The highest BCUT2D eigenvalue weighted by Gasteiger charge is 2.30. The van der Waals surface area contributed by atoms with Crippen molar-refractivity contribution in [3.8, 4) is 0 Å². The summed E-state index contributed by atoms with van der Waals surface area (Å²) in [5.74, 6) is 0.654. The molecule has 0 bridgehead atoms. The zero-order valence-electron chi connectivity index (χ0n) is 16.4. The van der Waals surface area contributed by atoms with Gasteiger partial charge < -0.3 is 14.8 Å². The third-order valence-electron chi connectivity index (χ3n) is 5.10.